The van der Waals surface area contributed by atoms with Crippen LogP contribution >= 0.6 is 0 Å². The molecule has 1 heterocycles. The predicted octanol–water partition coefficient (Wildman–Crippen LogP) is 1.72. The summed E-state index contributed by atoms with van der Waals surface area (Å²) in [4.78, 5) is 13.0. The van der Waals surface area contributed by atoms with Gasteiger partial charge in [-0.05, 0) is 57.5 Å². The van der Waals surface area contributed by atoms with Crippen molar-refractivity contribution in [1.82, 2.24) is 10.0 Å². The summed E-state index contributed by atoms with van der Waals surface area (Å²) >= 11 is 0. The van der Waals surface area contributed by atoms with Gasteiger partial charge in [-0.15, -0.1) is 0 Å². The quantitative estimate of drug-likeness (QED) is 0.635. The van der Waals surface area contributed by atoms with Gasteiger partial charge in [-0.2, -0.15) is 0 Å². The highest BCUT2D eigenvalue weighted by atomic mass is 32.2. The molecule has 0 aliphatic carbocycles. The predicted molar refractivity (Wildman–Crippen MR) is 102 cm³/mol. The molecule has 1 unspecified atom stereocenters. The lowest BCUT2D eigenvalue weighted by molar-refractivity contribution is -0.130. The van der Waals surface area contributed by atoms with E-state index in [9.17, 15) is 13.2 Å². The van der Waals surface area contributed by atoms with Crippen molar-refractivity contribution in [2.75, 3.05) is 32.1 Å². The molecule has 26 heavy (non-hydrogen) atoms. The van der Waals surface area contributed by atoms with Crippen LogP contribution in [0, 0.1) is 5.41 Å². The van der Waals surface area contributed by atoms with Crippen LogP contribution in [0.5, 0.6) is 0 Å². The van der Waals surface area contributed by atoms with Crippen molar-refractivity contribution in [1.29, 1.82) is 0 Å². The first-order valence-corrected chi connectivity index (χ1v) is 10.4. The molecule has 1 atom stereocenters. The van der Waals surface area contributed by atoms with Gasteiger partial charge in [0.15, 0.2) is 0 Å². The van der Waals surface area contributed by atoms with Crippen LogP contribution in [0.25, 0.3) is 0 Å². The van der Waals surface area contributed by atoms with Crippen LogP contribution in [-0.2, 0) is 19.6 Å². The molecule has 1 aliphatic heterocycles. The topological polar surface area (TPSA) is 96.5 Å². The fraction of sp³-hybridized carbons (Fsp3) is 0.611. The maximum Gasteiger partial charge on any atom is 0.240 e. The molecule has 3 N–H and O–H groups in total. The Morgan fingerprint density at radius 1 is 1.35 bits per heavy atom. The summed E-state index contributed by atoms with van der Waals surface area (Å²) in [6.45, 7) is 5.58. The van der Waals surface area contributed by atoms with Crippen molar-refractivity contribution < 1.29 is 17.9 Å². The van der Waals surface area contributed by atoms with E-state index in [0.29, 0.717) is 31.6 Å². The number of ether oxygens (including phenoxy) is 1. The Hall–Kier alpha value is -1.48. The fourth-order valence-corrected chi connectivity index (χ4v) is 4.41. The van der Waals surface area contributed by atoms with Crippen LogP contribution in [0.2, 0.25) is 0 Å². The molecule has 1 aromatic carbocycles. The summed E-state index contributed by atoms with van der Waals surface area (Å²) in [6.07, 6.45) is 2.06. The zero-order chi connectivity index (χ0) is 19.2. The number of benzene rings is 1. The molecule has 8 heteroatoms. The Balaban J connectivity index is 2.18. The van der Waals surface area contributed by atoms with Crippen molar-refractivity contribution in [2.24, 2.45) is 5.41 Å². The SMILES string of the molecule is CCC(C)NS(=O)(=O)c1cccc(NC(=O)C2(COC)CCNCC2)c1. The van der Waals surface area contributed by atoms with E-state index in [4.69, 9.17) is 4.74 Å². The van der Waals surface area contributed by atoms with E-state index in [1.54, 1.807) is 19.2 Å². The molecule has 0 aromatic heterocycles. The number of hydrogen-bond acceptors (Lipinski definition) is 5. The van der Waals surface area contributed by atoms with Gasteiger partial charge in [0, 0.05) is 18.8 Å². The smallest absolute Gasteiger partial charge is 0.240 e. The van der Waals surface area contributed by atoms with Crippen molar-refractivity contribution in [3.05, 3.63) is 24.3 Å². The maximum absolute atomic E-state index is 12.9. The first-order valence-electron chi connectivity index (χ1n) is 8.96. The number of methoxy groups -OCH3 is 1. The van der Waals surface area contributed by atoms with Crippen molar-refractivity contribution in [2.45, 2.75) is 44.0 Å². The normalized spacial score (nSPS) is 18.3. The lowest BCUT2D eigenvalue weighted by Crippen LogP contribution is -2.47. The number of carbonyl (C=O) groups excluding carboxylic acids is 1. The second-order valence-electron chi connectivity index (χ2n) is 6.88. The van der Waals surface area contributed by atoms with Crippen LogP contribution in [-0.4, -0.2) is 47.2 Å². The van der Waals surface area contributed by atoms with E-state index in [1.165, 1.54) is 12.1 Å². The highest BCUT2D eigenvalue weighted by molar-refractivity contribution is 7.89. The summed E-state index contributed by atoms with van der Waals surface area (Å²) in [5, 5.41) is 6.12. The molecule has 0 saturated carbocycles. The lowest BCUT2D eigenvalue weighted by Gasteiger charge is -2.35. The molecule has 1 aliphatic rings. The molecule has 146 valence electrons. The summed E-state index contributed by atoms with van der Waals surface area (Å²) in [5.74, 6) is -0.134. The van der Waals surface area contributed by atoms with Gasteiger partial charge in [-0.3, -0.25) is 4.79 Å². The lowest BCUT2D eigenvalue weighted by atomic mass is 9.78. The number of amides is 1. The number of anilines is 1. The second-order valence-corrected chi connectivity index (χ2v) is 8.59. The van der Waals surface area contributed by atoms with E-state index < -0.39 is 15.4 Å². The monoisotopic (exact) mass is 383 g/mol. The minimum absolute atomic E-state index is 0.134. The molecule has 1 amide bonds. The van der Waals surface area contributed by atoms with Gasteiger partial charge < -0.3 is 15.4 Å². The standard InChI is InChI=1S/C18H29N3O4S/c1-4-14(2)21-26(23,24)16-7-5-6-15(12-16)20-17(22)18(13-25-3)8-10-19-11-9-18/h5-7,12,14,19,21H,4,8-11,13H2,1-3H3,(H,20,22). The first kappa shape index (κ1) is 20.8. The van der Waals surface area contributed by atoms with Gasteiger partial charge in [-0.1, -0.05) is 13.0 Å². The minimum Gasteiger partial charge on any atom is -0.384 e. The summed E-state index contributed by atoms with van der Waals surface area (Å²) < 4.78 is 32.8. The summed E-state index contributed by atoms with van der Waals surface area (Å²) in [5.41, 5.74) is -0.125. The molecular weight excluding hydrogens is 354 g/mol. The van der Waals surface area contributed by atoms with Crippen molar-refractivity contribution in [3.8, 4) is 0 Å². The third kappa shape index (κ3) is 5.03. The van der Waals surface area contributed by atoms with E-state index in [0.717, 1.165) is 13.1 Å². The van der Waals surface area contributed by atoms with Gasteiger partial charge in [-0.25, -0.2) is 13.1 Å². The number of sulfonamides is 1. The molecular formula is C18H29N3O4S. The zero-order valence-corrected chi connectivity index (χ0v) is 16.5. The molecule has 0 radical (unpaired) electrons. The Labute approximate surface area is 155 Å². The Morgan fingerprint density at radius 3 is 2.65 bits per heavy atom. The number of carbonyl (C=O) groups is 1. The molecule has 1 saturated heterocycles. The van der Waals surface area contributed by atoms with Crippen LogP contribution in [0.3, 0.4) is 0 Å². The third-order valence-electron chi connectivity index (χ3n) is 4.83. The molecule has 1 fully saturated rings. The minimum atomic E-state index is -3.62. The summed E-state index contributed by atoms with van der Waals surface area (Å²) in [7, 11) is -2.03. The number of piperidine rings is 1. The van der Waals surface area contributed by atoms with Crippen molar-refractivity contribution >= 4 is 21.6 Å². The number of hydrogen-bond donors (Lipinski definition) is 3. The second kappa shape index (κ2) is 8.94. The van der Waals surface area contributed by atoms with E-state index in [-0.39, 0.29) is 16.8 Å². The Kier molecular flexibility index (Phi) is 7.16. The first-order chi connectivity index (χ1) is 12.3. The van der Waals surface area contributed by atoms with Gasteiger partial charge in [0.2, 0.25) is 15.9 Å². The average Bonchev–Trinajstić information content (AvgIpc) is 2.62. The molecule has 0 spiro atoms. The molecule has 0 bridgehead atoms. The highest BCUT2D eigenvalue weighted by Gasteiger charge is 2.39. The van der Waals surface area contributed by atoms with E-state index >= 15 is 0 Å². The van der Waals surface area contributed by atoms with Crippen LogP contribution in [0.15, 0.2) is 29.2 Å². The molecule has 2 rings (SSSR count). The van der Waals surface area contributed by atoms with Crippen LogP contribution in [0.4, 0.5) is 5.69 Å². The van der Waals surface area contributed by atoms with Gasteiger partial charge >= 0.3 is 0 Å². The fourth-order valence-electron chi connectivity index (χ4n) is 3.04. The number of rotatable bonds is 8. The Bertz CT molecular complexity index is 709. The average molecular weight is 384 g/mol. The molecule has 1 aromatic rings. The number of nitrogens with one attached hydrogen (secondary N) is 3. The maximum atomic E-state index is 12.9. The summed E-state index contributed by atoms with van der Waals surface area (Å²) in [6, 6.07) is 6.19. The van der Waals surface area contributed by atoms with Gasteiger partial charge in [0.25, 0.3) is 0 Å². The molecule has 7 nitrogen and oxygen atoms in total. The van der Waals surface area contributed by atoms with Crippen molar-refractivity contribution in [3.63, 3.8) is 0 Å². The van der Waals surface area contributed by atoms with Crippen LogP contribution < -0.4 is 15.4 Å². The largest absolute Gasteiger partial charge is 0.384 e. The zero-order valence-electron chi connectivity index (χ0n) is 15.7. The van der Waals surface area contributed by atoms with E-state index in [1.807, 2.05) is 13.8 Å². The van der Waals surface area contributed by atoms with Gasteiger partial charge in [0.1, 0.15) is 0 Å². The van der Waals surface area contributed by atoms with E-state index in [2.05, 4.69) is 15.4 Å². The van der Waals surface area contributed by atoms with Gasteiger partial charge in [0.05, 0.1) is 16.9 Å². The highest BCUT2D eigenvalue weighted by Crippen LogP contribution is 2.31. The Morgan fingerprint density at radius 2 is 2.04 bits per heavy atom. The van der Waals surface area contributed by atoms with Crippen LogP contribution in [0.1, 0.15) is 33.1 Å². The third-order valence-corrected chi connectivity index (χ3v) is 6.42.